The van der Waals surface area contributed by atoms with Crippen LogP contribution in [0.1, 0.15) is 52.4 Å². The second-order valence-corrected chi connectivity index (χ2v) is 7.51. The van der Waals surface area contributed by atoms with Crippen LogP contribution in [0.3, 0.4) is 0 Å². The van der Waals surface area contributed by atoms with Crippen molar-refractivity contribution in [2.45, 2.75) is 58.2 Å². The number of hydrogen-bond donors (Lipinski definition) is 1. The van der Waals surface area contributed by atoms with Gasteiger partial charge in [-0.1, -0.05) is 18.9 Å². The third-order valence-corrected chi connectivity index (χ3v) is 5.21. The molecule has 3 fully saturated rings. The number of carboxylic acids is 1. The van der Waals surface area contributed by atoms with E-state index in [2.05, 4.69) is 0 Å². The minimum absolute atomic E-state index is 0.102. The van der Waals surface area contributed by atoms with Gasteiger partial charge in [0.25, 0.3) is 5.79 Å². The monoisotopic (exact) mass is 322 g/mol. The van der Waals surface area contributed by atoms with Gasteiger partial charge in [-0.05, 0) is 37.5 Å². The van der Waals surface area contributed by atoms with Crippen molar-refractivity contribution < 1.29 is 29.0 Å². The zero-order chi connectivity index (χ0) is 16.8. The summed E-state index contributed by atoms with van der Waals surface area (Å²) in [5.41, 5.74) is -0.820. The smallest absolute Gasteiger partial charge is 0.348 e. The first-order valence-electron chi connectivity index (χ1n) is 8.13. The Hall–Kier alpha value is -1.85. The summed E-state index contributed by atoms with van der Waals surface area (Å²) in [7, 11) is 0. The maximum atomic E-state index is 12.0. The van der Waals surface area contributed by atoms with E-state index in [0.29, 0.717) is 25.2 Å². The SMILES string of the molecule is CC1(C)OC(=O)C(=CC2CC3CCCC(C(=O)O)(C2)C3)C(=O)O1. The van der Waals surface area contributed by atoms with Gasteiger partial charge >= 0.3 is 17.9 Å². The molecule has 23 heavy (non-hydrogen) atoms. The summed E-state index contributed by atoms with van der Waals surface area (Å²) < 4.78 is 10.2. The van der Waals surface area contributed by atoms with Gasteiger partial charge in [0.15, 0.2) is 0 Å². The maximum absolute atomic E-state index is 12.0. The van der Waals surface area contributed by atoms with Gasteiger partial charge in [-0.25, -0.2) is 9.59 Å². The van der Waals surface area contributed by atoms with E-state index in [1.165, 1.54) is 13.8 Å². The molecule has 0 aromatic heterocycles. The van der Waals surface area contributed by atoms with Crippen LogP contribution in [-0.4, -0.2) is 28.8 Å². The molecule has 1 N–H and O–H groups in total. The highest BCUT2D eigenvalue weighted by atomic mass is 16.7. The van der Waals surface area contributed by atoms with Crippen molar-refractivity contribution in [2.24, 2.45) is 17.3 Å². The highest BCUT2D eigenvalue weighted by Crippen LogP contribution is 2.51. The van der Waals surface area contributed by atoms with Crippen LogP contribution < -0.4 is 0 Å². The molecule has 3 rings (SSSR count). The Balaban J connectivity index is 1.83. The van der Waals surface area contributed by atoms with Crippen molar-refractivity contribution in [3.63, 3.8) is 0 Å². The second kappa shape index (κ2) is 5.35. The van der Waals surface area contributed by atoms with Crippen LogP contribution in [0.15, 0.2) is 11.6 Å². The first-order chi connectivity index (χ1) is 10.7. The number of rotatable bonds is 2. The van der Waals surface area contributed by atoms with Gasteiger partial charge < -0.3 is 14.6 Å². The summed E-state index contributed by atoms with van der Waals surface area (Å²) in [4.78, 5) is 35.8. The molecule has 3 aliphatic rings. The zero-order valence-corrected chi connectivity index (χ0v) is 13.5. The van der Waals surface area contributed by atoms with Crippen LogP contribution in [0, 0.1) is 17.3 Å². The van der Waals surface area contributed by atoms with Crippen molar-refractivity contribution in [2.75, 3.05) is 0 Å². The molecule has 6 heteroatoms. The van der Waals surface area contributed by atoms with Crippen LogP contribution in [-0.2, 0) is 23.9 Å². The number of fused-ring (bicyclic) bond motifs is 2. The van der Waals surface area contributed by atoms with Gasteiger partial charge in [0, 0.05) is 13.8 Å². The summed E-state index contributed by atoms with van der Waals surface area (Å²) >= 11 is 0. The number of hydrogen-bond acceptors (Lipinski definition) is 5. The Morgan fingerprint density at radius 3 is 2.48 bits per heavy atom. The largest absolute Gasteiger partial charge is 0.481 e. The van der Waals surface area contributed by atoms with E-state index < -0.39 is 29.1 Å². The first kappa shape index (κ1) is 16.0. The van der Waals surface area contributed by atoms with Gasteiger partial charge in [-0.2, -0.15) is 0 Å². The van der Waals surface area contributed by atoms with E-state index in [1.54, 1.807) is 6.08 Å². The van der Waals surface area contributed by atoms with Crippen LogP contribution >= 0.6 is 0 Å². The fraction of sp³-hybridized carbons (Fsp3) is 0.706. The molecule has 3 unspecified atom stereocenters. The van der Waals surface area contributed by atoms with Crippen LogP contribution in [0.4, 0.5) is 0 Å². The quantitative estimate of drug-likeness (QED) is 0.477. The van der Waals surface area contributed by atoms with Crippen LogP contribution in [0.5, 0.6) is 0 Å². The summed E-state index contributed by atoms with van der Waals surface area (Å²) in [5, 5.41) is 9.63. The molecule has 2 aliphatic carbocycles. The Morgan fingerprint density at radius 2 is 1.87 bits per heavy atom. The molecule has 126 valence electrons. The minimum atomic E-state index is -1.25. The Kier molecular flexibility index (Phi) is 3.73. The molecular weight excluding hydrogens is 300 g/mol. The van der Waals surface area contributed by atoms with Crippen molar-refractivity contribution in [1.82, 2.24) is 0 Å². The Labute approximate surface area is 134 Å². The minimum Gasteiger partial charge on any atom is -0.481 e. The number of carbonyl (C=O) groups is 3. The van der Waals surface area contributed by atoms with Gasteiger partial charge in [-0.15, -0.1) is 0 Å². The number of allylic oxidation sites excluding steroid dienone is 1. The standard InChI is InChI=1S/C17H22O6/c1-16(2)22-13(18)12(14(19)23-16)7-11-6-10-4-3-5-17(8-10,9-11)15(20)21/h7,10-11H,3-6,8-9H2,1-2H3,(H,20,21). The number of carboxylic acid groups (broad SMARTS) is 1. The lowest BCUT2D eigenvalue weighted by atomic mass is 9.59. The summed E-state index contributed by atoms with van der Waals surface area (Å²) in [5.74, 6) is -3.17. The maximum Gasteiger partial charge on any atom is 0.348 e. The van der Waals surface area contributed by atoms with E-state index in [4.69, 9.17) is 9.47 Å². The summed E-state index contributed by atoms with van der Waals surface area (Å²) in [6, 6.07) is 0. The summed E-state index contributed by atoms with van der Waals surface area (Å²) in [6.45, 7) is 3.01. The number of carbonyl (C=O) groups excluding carboxylic acids is 2. The lowest BCUT2D eigenvalue weighted by Crippen LogP contribution is -2.44. The van der Waals surface area contributed by atoms with Crippen molar-refractivity contribution in [3.05, 3.63) is 11.6 Å². The highest BCUT2D eigenvalue weighted by molar-refractivity contribution is 6.15. The molecule has 0 aromatic rings. The number of esters is 2. The molecule has 1 aliphatic heterocycles. The molecule has 0 radical (unpaired) electrons. The average Bonchev–Trinajstić information content (AvgIpc) is 2.41. The fourth-order valence-electron chi connectivity index (χ4n) is 4.33. The van der Waals surface area contributed by atoms with E-state index in [1.807, 2.05) is 0 Å². The van der Waals surface area contributed by atoms with Crippen molar-refractivity contribution in [3.8, 4) is 0 Å². The molecule has 0 amide bonds. The van der Waals surface area contributed by atoms with Crippen molar-refractivity contribution in [1.29, 1.82) is 0 Å². The van der Waals surface area contributed by atoms with Gasteiger partial charge in [0.2, 0.25) is 0 Å². The van der Waals surface area contributed by atoms with E-state index in [9.17, 15) is 19.5 Å². The van der Waals surface area contributed by atoms with Crippen LogP contribution in [0.2, 0.25) is 0 Å². The highest BCUT2D eigenvalue weighted by Gasteiger charge is 2.48. The van der Waals surface area contributed by atoms with Gasteiger partial charge in [-0.3, -0.25) is 4.79 Å². The predicted molar refractivity (Wildman–Crippen MR) is 79.1 cm³/mol. The normalized spacial score (nSPS) is 36.0. The molecule has 1 saturated heterocycles. The Bertz CT molecular complexity index is 568. The summed E-state index contributed by atoms with van der Waals surface area (Å²) in [6.07, 6.45) is 6.16. The zero-order valence-electron chi connectivity index (χ0n) is 13.5. The lowest BCUT2D eigenvalue weighted by Gasteiger charge is -2.45. The third-order valence-electron chi connectivity index (χ3n) is 5.21. The topological polar surface area (TPSA) is 89.9 Å². The van der Waals surface area contributed by atoms with Crippen LogP contribution in [0.25, 0.3) is 0 Å². The molecule has 2 bridgehead atoms. The first-order valence-corrected chi connectivity index (χ1v) is 8.13. The molecule has 2 saturated carbocycles. The molecule has 0 spiro atoms. The fourth-order valence-corrected chi connectivity index (χ4v) is 4.33. The van der Waals surface area contributed by atoms with E-state index in [0.717, 1.165) is 19.3 Å². The second-order valence-electron chi connectivity index (χ2n) is 7.51. The Morgan fingerprint density at radius 1 is 1.22 bits per heavy atom. The molecule has 0 aromatic carbocycles. The third kappa shape index (κ3) is 2.99. The lowest BCUT2D eigenvalue weighted by molar-refractivity contribution is -0.222. The molecule has 1 heterocycles. The number of aliphatic carboxylic acids is 1. The van der Waals surface area contributed by atoms with Gasteiger partial charge in [0.05, 0.1) is 5.41 Å². The molecule has 3 atom stereocenters. The number of ether oxygens (including phenoxy) is 2. The van der Waals surface area contributed by atoms with E-state index >= 15 is 0 Å². The predicted octanol–water partition coefficient (Wildman–Crippen LogP) is 2.42. The number of cyclic esters (lactones) is 2. The molecular formula is C17H22O6. The molecule has 6 nitrogen and oxygen atoms in total. The van der Waals surface area contributed by atoms with Crippen molar-refractivity contribution >= 4 is 17.9 Å². The average molecular weight is 322 g/mol. The van der Waals surface area contributed by atoms with Gasteiger partial charge in [0.1, 0.15) is 5.57 Å². The van der Waals surface area contributed by atoms with E-state index in [-0.39, 0.29) is 11.5 Å².